The Morgan fingerprint density at radius 3 is 1.40 bits per heavy atom. The standard InChI is InChI=1S/C13H12FN/c14-13(15,11-7-3-1-4-8-11)12-9-5-2-6-10-12/h1-10H,15H2. The lowest BCUT2D eigenvalue weighted by Gasteiger charge is -2.20. The van der Waals surface area contributed by atoms with Crippen LogP contribution in [-0.2, 0) is 5.79 Å². The number of nitrogens with two attached hydrogens (primary N) is 1. The normalized spacial score (nSPS) is 11.3. The molecule has 0 aliphatic rings. The first kappa shape index (κ1) is 9.87. The number of alkyl halides is 1. The molecule has 0 atom stereocenters. The van der Waals surface area contributed by atoms with Gasteiger partial charge >= 0.3 is 0 Å². The van der Waals surface area contributed by atoms with Crippen molar-refractivity contribution in [2.75, 3.05) is 0 Å². The van der Waals surface area contributed by atoms with Gasteiger partial charge in [0.1, 0.15) is 0 Å². The smallest absolute Gasteiger partial charge is 0.210 e. The van der Waals surface area contributed by atoms with Crippen LogP contribution in [0.4, 0.5) is 4.39 Å². The fourth-order valence-corrected chi connectivity index (χ4v) is 1.53. The average Bonchev–Trinajstić information content (AvgIpc) is 2.31. The molecule has 2 aromatic rings. The Balaban J connectivity index is 2.44. The Morgan fingerprint density at radius 1 is 0.733 bits per heavy atom. The van der Waals surface area contributed by atoms with Gasteiger partial charge in [0.25, 0.3) is 0 Å². The maximum Gasteiger partial charge on any atom is 0.210 e. The summed E-state index contributed by atoms with van der Waals surface area (Å²) >= 11 is 0. The van der Waals surface area contributed by atoms with Gasteiger partial charge in [0.05, 0.1) is 0 Å². The zero-order valence-corrected chi connectivity index (χ0v) is 8.23. The average molecular weight is 201 g/mol. The number of hydrogen-bond acceptors (Lipinski definition) is 1. The maximum absolute atomic E-state index is 14.3. The van der Waals surface area contributed by atoms with Crippen molar-refractivity contribution in [1.29, 1.82) is 0 Å². The van der Waals surface area contributed by atoms with Crippen LogP contribution in [0.5, 0.6) is 0 Å². The molecular formula is C13H12FN. The van der Waals surface area contributed by atoms with E-state index in [1.807, 2.05) is 12.1 Å². The highest BCUT2D eigenvalue weighted by molar-refractivity contribution is 5.34. The van der Waals surface area contributed by atoms with Gasteiger partial charge in [-0.2, -0.15) is 0 Å². The van der Waals surface area contributed by atoms with Crippen LogP contribution in [0.2, 0.25) is 0 Å². The second kappa shape index (κ2) is 3.83. The molecule has 1 nitrogen and oxygen atoms in total. The molecule has 2 rings (SSSR count). The summed E-state index contributed by atoms with van der Waals surface area (Å²) < 4.78 is 14.3. The van der Waals surface area contributed by atoms with Crippen molar-refractivity contribution < 1.29 is 4.39 Å². The first-order valence-corrected chi connectivity index (χ1v) is 4.80. The van der Waals surface area contributed by atoms with Gasteiger partial charge in [-0.1, -0.05) is 60.7 Å². The molecule has 76 valence electrons. The monoisotopic (exact) mass is 201 g/mol. The Hall–Kier alpha value is -1.67. The highest BCUT2D eigenvalue weighted by Gasteiger charge is 2.28. The van der Waals surface area contributed by atoms with E-state index < -0.39 is 5.79 Å². The van der Waals surface area contributed by atoms with E-state index >= 15 is 0 Å². The molecule has 0 radical (unpaired) electrons. The number of rotatable bonds is 2. The first-order chi connectivity index (χ1) is 7.21. The Labute approximate surface area is 88.4 Å². The largest absolute Gasteiger partial charge is 0.291 e. The van der Waals surface area contributed by atoms with Crippen LogP contribution in [0.3, 0.4) is 0 Å². The highest BCUT2D eigenvalue weighted by atomic mass is 19.1. The van der Waals surface area contributed by atoms with Gasteiger partial charge in [-0.3, -0.25) is 5.73 Å². The number of halogens is 1. The third-order valence-electron chi connectivity index (χ3n) is 2.39. The lowest BCUT2D eigenvalue weighted by Crippen LogP contribution is -2.32. The number of benzene rings is 2. The summed E-state index contributed by atoms with van der Waals surface area (Å²) in [6, 6.07) is 17.5. The topological polar surface area (TPSA) is 26.0 Å². The minimum absolute atomic E-state index is 0.469. The molecule has 0 aromatic heterocycles. The fourth-order valence-electron chi connectivity index (χ4n) is 1.53. The molecular weight excluding hydrogens is 189 g/mol. The summed E-state index contributed by atoms with van der Waals surface area (Å²) in [5, 5.41) is 0. The SMILES string of the molecule is NC(F)(c1ccccc1)c1ccccc1. The predicted molar refractivity (Wildman–Crippen MR) is 59.0 cm³/mol. The molecule has 0 aliphatic carbocycles. The van der Waals surface area contributed by atoms with Gasteiger partial charge in [-0.25, -0.2) is 4.39 Å². The third-order valence-corrected chi connectivity index (χ3v) is 2.39. The van der Waals surface area contributed by atoms with E-state index in [0.717, 1.165) is 0 Å². The Morgan fingerprint density at radius 2 is 1.07 bits per heavy atom. The van der Waals surface area contributed by atoms with Gasteiger partial charge in [-0.05, 0) is 0 Å². The molecule has 0 unspecified atom stereocenters. The molecule has 0 saturated carbocycles. The number of hydrogen-bond donors (Lipinski definition) is 1. The van der Waals surface area contributed by atoms with Crippen molar-refractivity contribution in [3.63, 3.8) is 0 Å². The second-order valence-corrected chi connectivity index (χ2v) is 3.44. The molecule has 2 aromatic carbocycles. The second-order valence-electron chi connectivity index (χ2n) is 3.44. The quantitative estimate of drug-likeness (QED) is 0.743. The van der Waals surface area contributed by atoms with Crippen molar-refractivity contribution in [3.05, 3.63) is 71.8 Å². The van der Waals surface area contributed by atoms with Gasteiger partial charge in [0.15, 0.2) is 0 Å². The van der Waals surface area contributed by atoms with Crippen LogP contribution in [0.25, 0.3) is 0 Å². The van der Waals surface area contributed by atoms with Crippen LogP contribution in [0.1, 0.15) is 11.1 Å². The van der Waals surface area contributed by atoms with Crippen LogP contribution < -0.4 is 5.73 Å². The zero-order chi connectivity index (χ0) is 10.7. The lowest BCUT2D eigenvalue weighted by atomic mass is 9.97. The molecule has 2 N–H and O–H groups in total. The fraction of sp³-hybridized carbons (Fsp3) is 0.0769. The van der Waals surface area contributed by atoms with E-state index in [4.69, 9.17) is 5.73 Å². The van der Waals surface area contributed by atoms with Crippen molar-refractivity contribution in [2.24, 2.45) is 5.73 Å². The van der Waals surface area contributed by atoms with Crippen molar-refractivity contribution in [2.45, 2.75) is 5.79 Å². The summed E-state index contributed by atoms with van der Waals surface area (Å²) in [4.78, 5) is 0. The first-order valence-electron chi connectivity index (χ1n) is 4.80. The molecule has 0 saturated heterocycles. The summed E-state index contributed by atoms with van der Waals surface area (Å²) in [6.07, 6.45) is 0. The highest BCUT2D eigenvalue weighted by Crippen LogP contribution is 2.27. The summed E-state index contributed by atoms with van der Waals surface area (Å²) in [7, 11) is 0. The third kappa shape index (κ3) is 1.90. The van der Waals surface area contributed by atoms with Crippen molar-refractivity contribution in [1.82, 2.24) is 0 Å². The van der Waals surface area contributed by atoms with Gasteiger partial charge < -0.3 is 0 Å². The molecule has 0 bridgehead atoms. The van der Waals surface area contributed by atoms with E-state index in [1.165, 1.54) is 0 Å². The van der Waals surface area contributed by atoms with E-state index in [0.29, 0.717) is 11.1 Å². The minimum atomic E-state index is -1.91. The molecule has 15 heavy (non-hydrogen) atoms. The Bertz CT molecular complexity index is 381. The zero-order valence-electron chi connectivity index (χ0n) is 8.23. The summed E-state index contributed by atoms with van der Waals surface area (Å²) in [6.45, 7) is 0. The maximum atomic E-state index is 14.3. The summed E-state index contributed by atoms with van der Waals surface area (Å²) in [5.74, 6) is -1.91. The molecule has 2 heteroatoms. The van der Waals surface area contributed by atoms with Gasteiger partial charge in [0, 0.05) is 11.1 Å². The Kier molecular flexibility index (Phi) is 2.52. The van der Waals surface area contributed by atoms with Crippen LogP contribution in [-0.4, -0.2) is 0 Å². The minimum Gasteiger partial charge on any atom is -0.291 e. The molecule has 0 spiro atoms. The van der Waals surface area contributed by atoms with E-state index in [9.17, 15) is 4.39 Å². The van der Waals surface area contributed by atoms with Crippen LogP contribution in [0.15, 0.2) is 60.7 Å². The molecule has 0 amide bonds. The summed E-state index contributed by atoms with van der Waals surface area (Å²) in [5.41, 5.74) is 6.63. The molecule has 0 heterocycles. The van der Waals surface area contributed by atoms with E-state index in [2.05, 4.69) is 0 Å². The van der Waals surface area contributed by atoms with E-state index in [-0.39, 0.29) is 0 Å². The van der Waals surface area contributed by atoms with Crippen LogP contribution in [0, 0.1) is 0 Å². The lowest BCUT2D eigenvalue weighted by molar-refractivity contribution is 0.233. The molecule has 0 fully saturated rings. The molecule has 0 aliphatic heterocycles. The predicted octanol–water partition coefficient (Wildman–Crippen LogP) is 2.82. The van der Waals surface area contributed by atoms with Gasteiger partial charge in [0.2, 0.25) is 5.79 Å². The van der Waals surface area contributed by atoms with Crippen LogP contribution >= 0.6 is 0 Å². The van der Waals surface area contributed by atoms with Gasteiger partial charge in [-0.15, -0.1) is 0 Å². The van der Waals surface area contributed by atoms with Crippen molar-refractivity contribution in [3.8, 4) is 0 Å². The van der Waals surface area contributed by atoms with Crippen molar-refractivity contribution >= 4 is 0 Å². The van der Waals surface area contributed by atoms with E-state index in [1.54, 1.807) is 48.5 Å².